The number of hydrogen-bond donors (Lipinski definition) is 0. The fourth-order valence-corrected chi connectivity index (χ4v) is 5.61. The second kappa shape index (κ2) is 12.6. The Morgan fingerprint density at radius 2 is 1.65 bits per heavy atom. The highest BCUT2D eigenvalue weighted by atomic mass is 32.1. The number of nitrogens with zero attached hydrogens (tertiary/aromatic N) is 4. The first-order chi connectivity index (χ1) is 18.0. The lowest BCUT2D eigenvalue weighted by atomic mass is 9.93. The van der Waals surface area contributed by atoms with Gasteiger partial charge in [-0.1, -0.05) is 67.6 Å². The van der Waals surface area contributed by atoms with Gasteiger partial charge in [-0.05, 0) is 29.0 Å². The van der Waals surface area contributed by atoms with Crippen LogP contribution in [0.15, 0.2) is 84.5 Å². The minimum absolute atomic E-state index is 0.0931. The molecule has 1 saturated heterocycles. The van der Waals surface area contributed by atoms with Crippen molar-refractivity contribution >= 4 is 33.7 Å². The number of hydrogen-bond acceptors (Lipinski definition) is 5. The van der Waals surface area contributed by atoms with Crippen LogP contribution in [0.1, 0.15) is 40.9 Å². The lowest BCUT2D eigenvalue weighted by molar-refractivity contribution is -0.115. The van der Waals surface area contributed by atoms with Crippen molar-refractivity contribution in [3.63, 3.8) is 0 Å². The van der Waals surface area contributed by atoms with Crippen molar-refractivity contribution in [1.82, 2.24) is 19.7 Å². The van der Waals surface area contributed by atoms with Crippen molar-refractivity contribution in [2.45, 2.75) is 25.4 Å². The largest absolute Gasteiger partial charge is 0.351 e. The third-order valence-electron chi connectivity index (χ3n) is 6.67. The van der Waals surface area contributed by atoms with Gasteiger partial charge in [0.1, 0.15) is 0 Å². The van der Waals surface area contributed by atoms with Crippen molar-refractivity contribution in [2.75, 3.05) is 33.7 Å². The average molecular weight is 515 g/mol. The van der Waals surface area contributed by atoms with Gasteiger partial charge in [0.2, 0.25) is 6.41 Å². The number of carbonyl (C=O) groups is 2. The maximum Gasteiger partial charge on any atom is 0.256 e. The van der Waals surface area contributed by atoms with Crippen LogP contribution in [0.25, 0.3) is 10.1 Å². The molecule has 1 aliphatic heterocycles. The van der Waals surface area contributed by atoms with Crippen LogP contribution in [0.3, 0.4) is 0 Å². The summed E-state index contributed by atoms with van der Waals surface area (Å²) in [6.45, 7) is 4.50. The van der Waals surface area contributed by atoms with E-state index in [-0.39, 0.29) is 18.0 Å². The summed E-state index contributed by atoms with van der Waals surface area (Å²) in [6.07, 6.45) is 5.30. The number of rotatable bonds is 6. The highest BCUT2D eigenvalue weighted by Crippen LogP contribution is 2.33. The van der Waals surface area contributed by atoms with Gasteiger partial charge in [-0.15, -0.1) is 11.3 Å². The van der Waals surface area contributed by atoms with Gasteiger partial charge in [0.15, 0.2) is 0 Å². The van der Waals surface area contributed by atoms with Crippen molar-refractivity contribution < 1.29 is 9.59 Å². The molecule has 0 radical (unpaired) electrons. The Bertz CT molecular complexity index is 1250. The standard InChI is InChI=1S/C27H27N3OS.C3H7NO/c1-2-22-19-29(27(31)24-17-28-18-25-23(24)13-16-32-25)14-15-30(22)26(20-9-5-3-6-10-20)21-11-7-4-8-12-21;1-4(2)3-5/h3-13,16-18,22,26H,2,14-15,19H2,1H3;3H,1-2H3. The molecule has 7 heteroatoms. The van der Waals surface area contributed by atoms with E-state index in [0.717, 1.165) is 41.6 Å². The molecule has 3 heterocycles. The highest BCUT2D eigenvalue weighted by Gasteiger charge is 2.35. The molecule has 2 aromatic carbocycles. The molecule has 2 amide bonds. The number of benzene rings is 2. The van der Waals surface area contributed by atoms with E-state index in [9.17, 15) is 9.59 Å². The predicted octanol–water partition coefficient (Wildman–Crippen LogP) is 5.33. The smallest absolute Gasteiger partial charge is 0.256 e. The first-order valence-electron chi connectivity index (χ1n) is 12.6. The molecule has 1 fully saturated rings. The molecular formula is C30H34N4O2S. The average Bonchev–Trinajstić information content (AvgIpc) is 3.44. The molecule has 5 rings (SSSR count). The van der Waals surface area contributed by atoms with Crippen LogP contribution in [0.2, 0.25) is 0 Å². The van der Waals surface area contributed by atoms with E-state index in [4.69, 9.17) is 0 Å². The fourth-order valence-electron chi connectivity index (χ4n) is 4.84. The monoisotopic (exact) mass is 514 g/mol. The van der Waals surface area contributed by atoms with Crippen molar-refractivity contribution in [2.24, 2.45) is 0 Å². The fraction of sp³-hybridized carbons (Fsp3) is 0.300. The Hall–Kier alpha value is -3.55. The van der Waals surface area contributed by atoms with Gasteiger partial charge in [0.25, 0.3) is 5.91 Å². The molecule has 0 aliphatic carbocycles. The Kier molecular flexibility index (Phi) is 9.04. The van der Waals surface area contributed by atoms with Crippen molar-refractivity contribution in [3.05, 3.63) is 101 Å². The number of pyridine rings is 1. The van der Waals surface area contributed by atoms with Gasteiger partial charge in [0.05, 0.1) is 16.3 Å². The zero-order chi connectivity index (χ0) is 26.2. The number of thiophene rings is 1. The Balaban J connectivity index is 0.000000586. The zero-order valence-electron chi connectivity index (χ0n) is 21.7. The second-order valence-electron chi connectivity index (χ2n) is 9.36. The van der Waals surface area contributed by atoms with Crippen molar-refractivity contribution in [1.29, 1.82) is 0 Å². The van der Waals surface area contributed by atoms with E-state index in [1.54, 1.807) is 31.6 Å². The van der Waals surface area contributed by atoms with E-state index in [1.165, 1.54) is 16.0 Å². The Morgan fingerprint density at radius 1 is 1.03 bits per heavy atom. The van der Waals surface area contributed by atoms with Crippen LogP contribution in [0, 0.1) is 0 Å². The molecule has 6 nitrogen and oxygen atoms in total. The summed E-state index contributed by atoms with van der Waals surface area (Å²) in [6, 6.07) is 23.9. The molecular weight excluding hydrogens is 480 g/mol. The third kappa shape index (κ3) is 6.24. The van der Waals surface area contributed by atoms with Gasteiger partial charge in [-0.2, -0.15) is 0 Å². The summed E-state index contributed by atoms with van der Waals surface area (Å²) < 4.78 is 1.06. The molecule has 192 valence electrons. The number of aromatic nitrogens is 1. The summed E-state index contributed by atoms with van der Waals surface area (Å²) in [7, 11) is 3.38. The molecule has 37 heavy (non-hydrogen) atoms. The lowest BCUT2D eigenvalue weighted by Crippen LogP contribution is -2.55. The maximum atomic E-state index is 13.5. The van der Waals surface area contributed by atoms with Crippen LogP contribution >= 0.6 is 11.3 Å². The van der Waals surface area contributed by atoms with E-state index < -0.39 is 0 Å². The van der Waals surface area contributed by atoms with Crippen LogP contribution in [-0.2, 0) is 4.79 Å². The molecule has 4 aromatic rings. The summed E-state index contributed by atoms with van der Waals surface area (Å²) in [5, 5.41) is 3.04. The van der Waals surface area contributed by atoms with E-state index >= 15 is 0 Å². The number of carbonyl (C=O) groups excluding carboxylic acids is 2. The van der Waals surface area contributed by atoms with Crippen LogP contribution in [0.5, 0.6) is 0 Å². The van der Waals surface area contributed by atoms with Gasteiger partial charge in [0, 0.05) is 57.6 Å². The van der Waals surface area contributed by atoms with Gasteiger partial charge in [-0.3, -0.25) is 19.5 Å². The molecule has 1 atom stereocenters. The van der Waals surface area contributed by atoms with E-state index in [2.05, 4.69) is 77.5 Å². The number of fused-ring (bicyclic) bond motifs is 1. The van der Waals surface area contributed by atoms with E-state index in [1.807, 2.05) is 22.5 Å². The lowest BCUT2D eigenvalue weighted by Gasteiger charge is -2.45. The summed E-state index contributed by atoms with van der Waals surface area (Å²) in [4.78, 5) is 33.3. The summed E-state index contributed by atoms with van der Waals surface area (Å²) in [5.74, 6) is 0.0931. The number of piperazine rings is 1. The van der Waals surface area contributed by atoms with Gasteiger partial charge >= 0.3 is 0 Å². The summed E-state index contributed by atoms with van der Waals surface area (Å²) in [5.41, 5.74) is 3.31. The Morgan fingerprint density at radius 3 is 2.22 bits per heavy atom. The van der Waals surface area contributed by atoms with Crippen LogP contribution in [0.4, 0.5) is 0 Å². The molecule has 1 aliphatic rings. The predicted molar refractivity (Wildman–Crippen MR) is 151 cm³/mol. The molecule has 0 saturated carbocycles. The quantitative estimate of drug-likeness (QED) is 0.327. The normalized spacial score (nSPS) is 15.8. The maximum absolute atomic E-state index is 13.5. The highest BCUT2D eigenvalue weighted by molar-refractivity contribution is 7.17. The second-order valence-corrected chi connectivity index (χ2v) is 10.3. The summed E-state index contributed by atoms with van der Waals surface area (Å²) >= 11 is 1.63. The minimum atomic E-state index is 0.0931. The molecule has 0 N–H and O–H groups in total. The molecule has 0 spiro atoms. The first-order valence-corrected chi connectivity index (χ1v) is 13.5. The van der Waals surface area contributed by atoms with Gasteiger partial charge < -0.3 is 9.80 Å². The van der Waals surface area contributed by atoms with Gasteiger partial charge in [-0.25, -0.2) is 0 Å². The van der Waals surface area contributed by atoms with Crippen LogP contribution < -0.4 is 0 Å². The molecule has 0 bridgehead atoms. The first kappa shape index (κ1) is 26.5. The van der Waals surface area contributed by atoms with Crippen molar-refractivity contribution in [3.8, 4) is 0 Å². The minimum Gasteiger partial charge on any atom is -0.351 e. The molecule has 1 unspecified atom stereocenters. The SMILES string of the molecule is CCC1CN(C(=O)c2cncc3sccc23)CCN1C(c1ccccc1)c1ccccc1.CN(C)C=O. The number of amides is 2. The zero-order valence-corrected chi connectivity index (χ0v) is 22.5. The third-order valence-corrected chi connectivity index (χ3v) is 7.52. The van der Waals surface area contributed by atoms with E-state index in [0.29, 0.717) is 6.54 Å². The van der Waals surface area contributed by atoms with Crippen LogP contribution in [-0.4, -0.2) is 71.8 Å². The molecule has 2 aromatic heterocycles. The topological polar surface area (TPSA) is 56.8 Å². The Labute approximate surface area is 223 Å².